The molecule has 0 saturated carbocycles. The van der Waals surface area contributed by atoms with Crippen LogP contribution >= 0.6 is 0 Å². The Kier molecular flexibility index (Phi) is 5.17. The highest BCUT2D eigenvalue weighted by atomic mass is 19.4. The van der Waals surface area contributed by atoms with Crippen molar-refractivity contribution < 1.29 is 22.7 Å². The Morgan fingerprint density at radius 2 is 1.83 bits per heavy atom. The molecule has 24 heavy (non-hydrogen) atoms. The molecule has 1 atom stereocenters. The van der Waals surface area contributed by atoms with E-state index in [0.717, 1.165) is 23.3 Å². The topological polar surface area (TPSA) is 38.3 Å². The van der Waals surface area contributed by atoms with Crippen LogP contribution in [0.5, 0.6) is 5.75 Å². The summed E-state index contributed by atoms with van der Waals surface area (Å²) in [5, 5.41) is 2.44. The fourth-order valence-electron chi connectivity index (χ4n) is 2.19. The summed E-state index contributed by atoms with van der Waals surface area (Å²) in [6.45, 7) is 5.35. The van der Waals surface area contributed by atoms with Crippen molar-refractivity contribution in [2.24, 2.45) is 0 Å². The zero-order chi connectivity index (χ0) is 17.9. The predicted molar refractivity (Wildman–Crippen MR) is 86.1 cm³/mol. The van der Waals surface area contributed by atoms with Crippen molar-refractivity contribution in [1.82, 2.24) is 0 Å². The SMILES string of the molecule is Cc1ccc(O[C@@H](C)C(=O)Nc2cccc(C(F)(F)F)c2)c(C)c1. The highest BCUT2D eigenvalue weighted by Gasteiger charge is 2.30. The molecule has 128 valence electrons. The summed E-state index contributed by atoms with van der Waals surface area (Å²) in [5.41, 5.74) is 1.21. The Morgan fingerprint density at radius 3 is 2.46 bits per heavy atom. The summed E-state index contributed by atoms with van der Waals surface area (Å²) in [4.78, 5) is 12.1. The minimum absolute atomic E-state index is 0.0749. The van der Waals surface area contributed by atoms with Crippen LogP contribution in [-0.4, -0.2) is 12.0 Å². The summed E-state index contributed by atoms with van der Waals surface area (Å²) in [5.74, 6) is 0.0431. The number of anilines is 1. The van der Waals surface area contributed by atoms with Gasteiger partial charge >= 0.3 is 6.18 Å². The van der Waals surface area contributed by atoms with Crippen molar-refractivity contribution in [2.75, 3.05) is 5.32 Å². The number of aryl methyl sites for hydroxylation is 2. The molecule has 2 aromatic rings. The Labute approximate surface area is 138 Å². The first-order valence-corrected chi connectivity index (χ1v) is 7.39. The van der Waals surface area contributed by atoms with Crippen LogP contribution in [0.4, 0.5) is 18.9 Å². The molecule has 0 aliphatic heterocycles. The number of hydrogen-bond donors (Lipinski definition) is 1. The Bertz CT molecular complexity index is 741. The van der Waals surface area contributed by atoms with Gasteiger partial charge in [-0.1, -0.05) is 23.8 Å². The second-order valence-electron chi connectivity index (χ2n) is 5.60. The highest BCUT2D eigenvalue weighted by molar-refractivity contribution is 5.94. The van der Waals surface area contributed by atoms with Crippen molar-refractivity contribution in [2.45, 2.75) is 33.1 Å². The molecule has 0 aliphatic rings. The molecular weight excluding hydrogens is 319 g/mol. The van der Waals surface area contributed by atoms with Gasteiger partial charge in [-0.15, -0.1) is 0 Å². The van der Waals surface area contributed by atoms with E-state index in [9.17, 15) is 18.0 Å². The lowest BCUT2D eigenvalue weighted by Gasteiger charge is -2.17. The zero-order valence-corrected chi connectivity index (χ0v) is 13.6. The number of alkyl halides is 3. The van der Waals surface area contributed by atoms with Gasteiger partial charge < -0.3 is 10.1 Å². The van der Waals surface area contributed by atoms with E-state index in [1.165, 1.54) is 12.1 Å². The molecule has 0 heterocycles. The van der Waals surface area contributed by atoms with Crippen LogP contribution in [-0.2, 0) is 11.0 Å². The van der Waals surface area contributed by atoms with Gasteiger partial charge in [-0.25, -0.2) is 0 Å². The number of hydrogen-bond acceptors (Lipinski definition) is 2. The molecule has 0 aliphatic carbocycles. The quantitative estimate of drug-likeness (QED) is 0.876. The zero-order valence-electron chi connectivity index (χ0n) is 13.6. The first-order chi connectivity index (χ1) is 11.2. The smallest absolute Gasteiger partial charge is 0.416 e. The second kappa shape index (κ2) is 6.95. The van der Waals surface area contributed by atoms with Crippen LogP contribution in [0.15, 0.2) is 42.5 Å². The average Bonchev–Trinajstić information content (AvgIpc) is 2.49. The largest absolute Gasteiger partial charge is 0.481 e. The lowest BCUT2D eigenvalue weighted by atomic mass is 10.1. The van der Waals surface area contributed by atoms with Gasteiger partial charge in [0.2, 0.25) is 0 Å². The molecule has 2 aromatic carbocycles. The first-order valence-electron chi connectivity index (χ1n) is 7.39. The van der Waals surface area contributed by atoms with Crippen LogP contribution in [0.25, 0.3) is 0 Å². The summed E-state index contributed by atoms with van der Waals surface area (Å²) in [7, 11) is 0. The van der Waals surface area contributed by atoms with E-state index in [1.54, 1.807) is 13.0 Å². The third-order valence-electron chi connectivity index (χ3n) is 3.46. The maximum atomic E-state index is 12.7. The first kappa shape index (κ1) is 17.8. The summed E-state index contributed by atoms with van der Waals surface area (Å²) in [6.07, 6.45) is -5.30. The number of ether oxygens (including phenoxy) is 1. The van der Waals surface area contributed by atoms with Crippen LogP contribution < -0.4 is 10.1 Å². The third kappa shape index (κ3) is 4.50. The number of carbonyl (C=O) groups is 1. The lowest BCUT2D eigenvalue weighted by Crippen LogP contribution is -2.30. The van der Waals surface area contributed by atoms with E-state index in [4.69, 9.17) is 4.74 Å². The Hall–Kier alpha value is -2.50. The van der Waals surface area contributed by atoms with Gasteiger partial charge in [0, 0.05) is 5.69 Å². The molecule has 0 bridgehead atoms. The van der Waals surface area contributed by atoms with Crippen molar-refractivity contribution in [3.63, 3.8) is 0 Å². The number of benzene rings is 2. The molecule has 0 radical (unpaired) electrons. The molecule has 0 unspecified atom stereocenters. The van der Waals surface area contributed by atoms with Crippen LogP contribution in [0.1, 0.15) is 23.6 Å². The van der Waals surface area contributed by atoms with Gasteiger partial charge in [-0.05, 0) is 50.6 Å². The predicted octanol–water partition coefficient (Wildman–Crippen LogP) is 4.73. The van der Waals surface area contributed by atoms with Crippen molar-refractivity contribution in [3.05, 3.63) is 59.2 Å². The normalized spacial score (nSPS) is 12.6. The van der Waals surface area contributed by atoms with Gasteiger partial charge in [-0.3, -0.25) is 4.79 Å². The number of halogens is 3. The second-order valence-corrected chi connectivity index (χ2v) is 5.60. The monoisotopic (exact) mass is 337 g/mol. The minimum atomic E-state index is -4.46. The maximum absolute atomic E-state index is 12.7. The molecule has 3 nitrogen and oxygen atoms in total. The molecule has 0 saturated heterocycles. The van der Waals surface area contributed by atoms with Crippen molar-refractivity contribution in [1.29, 1.82) is 0 Å². The fourth-order valence-corrected chi connectivity index (χ4v) is 2.19. The highest BCUT2D eigenvalue weighted by Crippen LogP contribution is 2.30. The van der Waals surface area contributed by atoms with Crippen LogP contribution in [0.2, 0.25) is 0 Å². The lowest BCUT2D eigenvalue weighted by molar-refractivity contribution is -0.137. The van der Waals surface area contributed by atoms with Gasteiger partial charge in [0.25, 0.3) is 5.91 Å². The van der Waals surface area contributed by atoms with Gasteiger partial charge in [0.05, 0.1) is 5.56 Å². The van der Waals surface area contributed by atoms with E-state index in [2.05, 4.69) is 5.32 Å². The molecule has 0 spiro atoms. The van der Waals surface area contributed by atoms with Crippen LogP contribution in [0, 0.1) is 13.8 Å². The number of rotatable bonds is 4. The van der Waals surface area contributed by atoms with E-state index in [-0.39, 0.29) is 5.69 Å². The van der Waals surface area contributed by atoms with Crippen LogP contribution in [0.3, 0.4) is 0 Å². The van der Waals surface area contributed by atoms with E-state index in [0.29, 0.717) is 5.75 Å². The molecule has 0 aromatic heterocycles. The Morgan fingerprint density at radius 1 is 1.12 bits per heavy atom. The van der Waals surface area contributed by atoms with E-state index < -0.39 is 23.8 Å². The molecule has 2 rings (SSSR count). The van der Waals surface area contributed by atoms with E-state index >= 15 is 0 Å². The third-order valence-corrected chi connectivity index (χ3v) is 3.46. The fraction of sp³-hybridized carbons (Fsp3) is 0.278. The minimum Gasteiger partial charge on any atom is -0.481 e. The average molecular weight is 337 g/mol. The summed E-state index contributed by atoms with van der Waals surface area (Å²) in [6, 6.07) is 10.0. The van der Waals surface area contributed by atoms with Gasteiger partial charge in [0.15, 0.2) is 6.10 Å². The molecule has 1 N–H and O–H groups in total. The van der Waals surface area contributed by atoms with Gasteiger partial charge in [-0.2, -0.15) is 13.2 Å². The number of carbonyl (C=O) groups excluding carboxylic acids is 1. The van der Waals surface area contributed by atoms with E-state index in [1.807, 2.05) is 26.0 Å². The summed E-state index contributed by atoms with van der Waals surface area (Å²) >= 11 is 0. The van der Waals surface area contributed by atoms with Crippen molar-refractivity contribution in [3.8, 4) is 5.75 Å². The molecular formula is C18H18F3NO2. The number of amides is 1. The molecule has 6 heteroatoms. The van der Waals surface area contributed by atoms with Gasteiger partial charge in [0.1, 0.15) is 5.75 Å². The maximum Gasteiger partial charge on any atom is 0.416 e. The summed E-state index contributed by atoms with van der Waals surface area (Å²) < 4.78 is 43.7. The Balaban J connectivity index is 2.06. The standard InChI is InChI=1S/C18H18F3NO2/c1-11-7-8-16(12(2)9-11)24-13(3)17(23)22-15-6-4-5-14(10-15)18(19,20)21/h4-10,13H,1-3H3,(H,22,23)/t13-/m0/s1. The van der Waals surface area contributed by atoms with Crippen molar-refractivity contribution >= 4 is 11.6 Å². The molecule has 0 fully saturated rings. The number of nitrogens with one attached hydrogen (secondary N) is 1. The molecule has 1 amide bonds.